The second-order valence-corrected chi connectivity index (χ2v) is 7.82. The molecule has 3 rings (SSSR count). The summed E-state index contributed by atoms with van der Waals surface area (Å²) in [6, 6.07) is 16.2. The maximum Gasteiger partial charge on any atom is 0.226 e. The lowest BCUT2D eigenvalue weighted by Gasteiger charge is -2.28. The van der Waals surface area contributed by atoms with Crippen LogP contribution in [0, 0.1) is 6.92 Å². The van der Waals surface area contributed by atoms with E-state index in [-0.39, 0.29) is 18.2 Å². The first-order chi connectivity index (χ1) is 14.0. The molecule has 1 heterocycles. The summed E-state index contributed by atoms with van der Waals surface area (Å²) < 4.78 is 0. The van der Waals surface area contributed by atoms with Gasteiger partial charge in [-0.25, -0.2) is 0 Å². The summed E-state index contributed by atoms with van der Waals surface area (Å²) in [5.41, 5.74) is 4.25. The Balaban J connectivity index is 1.50. The molecule has 0 aromatic heterocycles. The molecule has 2 aromatic carbocycles. The first kappa shape index (κ1) is 20.9. The van der Waals surface area contributed by atoms with Crippen molar-refractivity contribution in [2.75, 3.05) is 29.9 Å². The number of carbonyl (C=O) groups excluding carboxylic acids is 2. The zero-order valence-electron chi connectivity index (χ0n) is 17.5. The number of aryl methyl sites for hydroxylation is 1. The lowest BCUT2D eigenvalue weighted by molar-refractivity contribution is -0.129. The Morgan fingerprint density at radius 1 is 1.03 bits per heavy atom. The van der Waals surface area contributed by atoms with E-state index in [0.717, 1.165) is 29.9 Å². The van der Waals surface area contributed by atoms with Crippen LogP contribution in [0.15, 0.2) is 48.5 Å². The molecule has 29 heavy (non-hydrogen) atoms. The van der Waals surface area contributed by atoms with Gasteiger partial charge < -0.3 is 15.1 Å². The molecule has 1 saturated heterocycles. The SMILES string of the molecule is CC(=O)N(CCC(=O)Nc1ccc(N2CCCCC2)cc1)Cc1cccc(C)c1. The summed E-state index contributed by atoms with van der Waals surface area (Å²) >= 11 is 0. The van der Waals surface area contributed by atoms with Crippen LogP contribution in [0.3, 0.4) is 0 Å². The van der Waals surface area contributed by atoms with Crippen LogP contribution in [-0.4, -0.2) is 36.3 Å². The molecular formula is C24H31N3O2. The van der Waals surface area contributed by atoms with E-state index in [9.17, 15) is 9.59 Å². The van der Waals surface area contributed by atoms with E-state index in [2.05, 4.69) is 28.4 Å². The monoisotopic (exact) mass is 393 g/mol. The highest BCUT2D eigenvalue weighted by molar-refractivity contribution is 5.91. The van der Waals surface area contributed by atoms with Crippen molar-refractivity contribution in [3.63, 3.8) is 0 Å². The van der Waals surface area contributed by atoms with Crippen LogP contribution < -0.4 is 10.2 Å². The van der Waals surface area contributed by atoms with E-state index in [4.69, 9.17) is 0 Å². The van der Waals surface area contributed by atoms with Crippen LogP contribution in [0.4, 0.5) is 11.4 Å². The number of piperidine rings is 1. The molecule has 0 unspecified atom stereocenters. The molecule has 5 heteroatoms. The van der Waals surface area contributed by atoms with Crippen molar-refractivity contribution in [3.05, 3.63) is 59.7 Å². The second kappa shape index (κ2) is 10.1. The Kier molecular flexibility index (Phi) is 7.28. The zero-order chi connectivity index (χ0) is 20.6. The van der Waals surface area contributed by atoms with Crippen LogP contribution in [-0.2, 0) is 16.1 Å². The number of rotatable bonds is 7. The van der Waals surface area contributed by atoms with Crippen LogP contribution in [0.25, 0.3) is 0 Å². The molecule has 0 bridgehead atoms. The fourth-order valence-corrected chi connectivity index (χ4v) is 3.75. The van der Waals surface area contributed by atoms with Gasteiger partial charge in [-0.1, -0.05) is 29.8 Å². The van der Waals surface area contributed by atoms with Crippen molar-refractivity contribution in [3.8, 4) is 0 Å². The number of anilines is 2. The van der Waals surface area contributed by atoms with Gasteiger partial charge in [0.2, 0.25) is 11.8 Å². The van der Waals surface area contributed by atoms with Gasteiger partial charge in [0, 0.05) is 50.9 Å². The zero-order valence-corrected chi connectivity index (χ0v) is 17.5. The Morgan fingerprint density at radius 3 is 2.41 bits per heavy atom. The van der Waals surface area contributed by atoms with Crippen molar-refractivity contribution in [1.82, 2.24) is 4.90 Å². The number of nitrogens with zero attached hydrogens (tertiary/aromatic N) is 2. The summed E-state index contributed by atoms with van der Waals surface area (Å²) in [4.78, 5) is 28.5. The normalized spacial score (nSPS) is 13.8. The third kappa shape index (κ3) is 6.34. The molecular weight excluding hydrogens is 362 g/mol. The standard InChI is InChI=1S/C24H31N3O2/c1-19-7-6-8-21(17-19)18-27(20(2)28)16-13-24(29)25-22-9-11-23(12-10-22)26-14-4-3-5-15-26/h6-12,17H,3-5,13-16,18H2,1-2H3,(H,25,29). The molecule has 0 atom stereocenters. The Bertz CT molecular complexity index is 826. The van der Waals surface area contributed by atoms with Crippen LogP contribution in [0.2, 0.25) is 0 Å². The van der Waals surface area contributed by atoms with E-state index in [1.807, 2.05) is 37.3 Å². The van der Waals surface area contributed by atoms with Crippen LogP contribution in [0.5, 0.6) is 0 Å². The minimum absolute atomic E-state index is 0.0230. The van der Waals surface area contributed by atoms with Gasteiger partial charge in [0.15, 0.2) is 0 Å². The van der Waals surface area contributed by atoms with Crippen molar-refractivity contribution in [2.45, 2.75) is 46.1 Å². The number of hydrogen-bond donors (Lipinski definition) is 1. The third-order valence-corrected chi connectivity index (χ3v) is 5.38. The van der Waals surface area contributed by atoms with Crippen molar-refractivity contribution in [1.29, 1.82) is 0 Å². The fourth-order valence-electron chi connectivity index (χ4n) is 3.75. The van der Waals surface area contributed by atoms with Gasteiger partial charge in [0.25, 0.3) is 0 Å². The molecule has 0 saturated carbocycles. The largest absolute Gasteiger partial charge is 0.372 e. The van der Waals surface area contributed by atoms with Gasteiger partial charge in [0.1, 0.15) is 0 Å². The second-order valence-electron chi connectivity index (χ2n) is 7.82. The quantitative estimate of drug-likeness (QED) is 0.760. The molecule has 0 spiro atoms. The van der Waals surface area contributed by atoms with Gasteiger partial charge >= 0.3 is 0 Å². The Hall–Kier alpha value is -2.82. The molecule has 0 radical (unpaired) electrons. The molecule has 1 fully saturated rings. The highest BCUT2D eigenvalue weighted by Crippen LogP contribution is 2.22. The fraction of sp³-hybridized carbons (Fsp3) is 0.417. The van der Waals surface area contributed by atoms with Crippen molar-refractivity contribution >= 4 is 23.2 Å². The summed E-state index contributed by atoms with van der Waals surface area (Å²) in [5, 5.41) is 2.94. The van der Waals surface area contributed by atoms with E-state index in [0.29, 0.717) is 13.1 Å². The Labute approximate surface area is 173 Å². The lowest BCUT2D eigenvalue weighted by Crippen LogP contribution is -2.31. The summed E-state index contributed by atoms with van der Waals surface area (Å²) in [6.07, 6.45) is 4.08. The van der Waals surface area contributed by atoms with Crippen molar-refractivity contribution < 1.29 is 9.59 Å². The van der Waals surface area contributed by atoms with E-state index >= 15 is 0 Å². The number of carbonyl (C=O) groups is 2. The molecule has 1 aliphatic heterocycles. The number of benzene rings is 2. The highest BCUT2D eigenvalue weighted by Gasteiger charge is 2.13. The number of nitrogens with one attached hydrogen (secondary N) is 1. The summed E-state index contributed by atoms with van der Waals surface area (Å²) in [7, 11) is 0. The predicted octanol–water partition coefficient (Wildman–Crippen LogP) is 4.36. The molecule has 5 nitrogen and oxygen atoms in total. The molecule has 0 aliphatic carbocycles. The van der Waals surface area contributed by atoms with Crippen LogP contribution >= 0.6 is 0 Å². The number of amides is 2. The Morgan fingerprint density at radius 2 is 1.76 bits per heavy atom. The van der Waals surface area contributed by atoms with Gasteiger partial charge in [-0.3, -0.25) is 9.59 Å². The van der Waals surface area contributed by atoms with Crippen molar-refractivity contribution in [2.24, 2.45) is 0 Å². The minimum atomic E-state index is -0.0776. The van der Waals surface area contributed by atoms with Gasteiger partial charge in [-0.2, -0.15) is 0 Å². The first-order valence-corrected chi connectivity index (χ1v) is 10.5. The lowest BCUT2D eigenvalue weighted by atomic mass is 10.1. The maximum absolute atomic E-state index is 12.4. The topological polar surface area (TPSA) is 52.7 Å². The average Bonchev–Trinajstić information content (AvgIpc) is 2.72. The molecule has 2 amide bonds. The minimum Gasteiger partial charge on any atom is -0.372 e. The van der Waals surface area contributed by atoms with E-state index < -0.39 is 0 Å². The summed E-state index contributed by atoms with van der Waals surface area (Å²) in [6.45, 7) is 6.72. The number of hydrogen-bond acceptors (Lipinski definition) is 3. The highest BCUT2D eigenvalue weighted by atomic mass is 16.2. The molecule has 154 valence electrons. The first-order valence-electron chi connectivity index (χ1n) is 10.5. The smallest absolute Gasteiger partial charge is 0.226 e. The molecule has 1 N–H and O–H groups in total. The maximum atomic E-state index is 12.4. The average molecular weight is 394 g/mol. The molecule has 1 aliphatic rings. The van der Waals surface area contributed by atoms with Gasteiger partial charge in [-0.05, 0) is 56.0 Å². The van der Waals surface area contributed by atoms with E-state index in [1.165, 1.54) is 24.9 Å². The van der Waals surface area contributed by atoms with Crippen LogP contribution in [0.1, 0.15) is 43.7 Å². The molecule has 2 aromatic rings. The van der Waals surface area contributed by atoms with Gasteiger partial charge in [-0.15, -0.1) is 0 Å². The van der Waals surface area contributed by atoms with Gasteiger partial charge in [0.05, 0.1) is 0 Å². The predicted molar refractivity (Wildman–Crippen MR) is 118 cm³/mol. The third-order valence-electron chi connectivity index (χ3n) is 5.38. The van der Waals surface area contributed by atoms with E-state index in [1.54, 1.807) is 11.8 Å². The summed E-state index contributed by atoms with van der Waals surface area (Å²) in [5.74, 6) is -0.101.